The van der Waals surface area contributed by atoms with E-state index < -0.39 is 22.5 Å². The minimum atomic E-state index is -4.37. The van der Waals surface area contributed by atoms with Gasteiger partial charge >= 0.3 is 12.1 Å². The summed E-state index contributed by atoms with van der Waals surface area (Å²) in [7, 11) is 0. The average molecular weight is 278 g/mol. The van der Waals surface area contributed by atoms with Crippen LogP contribution in [0.1, 0.15) is 25.0 Å². The zero-order valence-corrected chi connectivity index (χ0v) is 10.7. The Kier molecular flexibility index (Phi) is 4.32. The minimum Gasteiger partial charge on any atom is -0.480 e. The predicted octanol–water partition coefficient (Wildman–Crippen LogP) is 3.80. The third-order valence-electron chi connectivity index (χ3n) is 2.37. The molecule has 0 saturated heterocycles. The lowest BCUT2D eigenvalue weighted by molar-refractivity contribution is -0.139. The number of rotatable bonds is 4. The molecule has 0 aliphatic rings. The molecule has 0 fully saturated rings. The molecule has 0 saturated carbocycles. The summed E-state index contributed by atoms with van der Waals surface area (Å²) in [4.78, 5) is 10.9. The van der Waals surface area contributed by atoms with Crippen LogP contribution >= 0.6 is 11.8 Å². The Hall–Kier alpha value is -1.17. The topological polar surface area (TPSA) is 37.3 Å². The van der Waals surface area contributed by atoms with Gasteiger partial charge in [-0.15, -0.1) is 11.8 Å². The normalized spacial score (nSPS) is 12.5. The highest BCUT2D eigenvalue weighted by atomic mass is 32.2. The van der Waals surface area contributed by atoms with Crippen molar-refractivity contribution in [2.24, 2.45) is 0 Å². The minimum absolute atomic E-state index is 0.225. The van der Waals surface area contributed by atoms with Crippen molar-refractivity contribution < 1.29 is 23.1 Å². The van der Waals surface area contributed by atoms with Crippen LogP contribution in [-0.2, 0) is 16.7 Å². The molecular formula is C12H13F3O2S. The van der Waals surface area contributed by atoms with Crippen LogP contribution in [0, 0.1) is 0 Å². The van der Waals surface area contributed by atoms with Crippen LogP contribution in [0.3, 0.4) is 0 Å². The molecule has 1 aromatic rings. The molecule has 0 unspecified atom stereocenters. The Morgan fingerprint density at radius 2 is 1.94 bits per heavy atom. The first-order valence-corrected chi connectivity index (χ1v) is 6.15. The summed E-state index contributed by atoms with van der Waals surface area (Å²) in [5.74, 6) is -0.761. The molecule has 0 bridgehead atoms. The van der Waals surface area contributed by atoms with Gasteiger partial charge in [-0.1, -0.05) is 18.2 Å². The first kappa shape index (κ1) is 14.9. The van der Waals surface area contributed by atoms with E-state index in [-0.39, 0.29) is 5.75 Å². The summed E-state index contributed by atoms with van der Waals surface area (Å²) < 4.78 is 36.4. The molecule has 1 rings (SSSR count). The zero-order chi connectivity index (χ0) is 14.0. The molecule has 1 aromatic carbocycles. The highest BCUT2D eigenvalue weighted by Crippen LogP contribution is 2.32. The van der Waals surface area contributed by atoms with Crippen LogP contribution in [0.5, 0.6) is 0 Å². The van der Waals surface area contributed by atoms with Crippen molar-refractivity contribution in [2.75, 3.05) is 0 Å². The molecule has 0 spiro atoms. The fourth-order valence-corrected chi connectivity index (χ4v) is 1.99. The molecule has 0 aliphatic carbocycles. The molecule has 0 amide bonds. The molecule has 100 valence electrons. The summed E-state index contributed by atoms with van der Waals surface area (Å²) in [6.07, 6.45) is -4.37. The van der Waals surface area contributed by atoms with Gasteiger partial charge in [-0.2, -0.15) is 13.2 Å². The van der Waals surface area contributed by atoms with Gasteiger partial charge < -0.3 is 5.11 Å². The summed E-state index contributed by atoms with van der Waals surface area (Å²) in [5.41, 5.74) is -0.252. The van der Waals surface area contributed by atoms with Gasteiger partial charge in [-0.05, 0) is 25.5 Å². The maximum Gasteiger partial charge on any atom is 0.416 e. The van der Waals surface area contributed by atoms with E-state index in [9.17, 15) is 18.0 Å². The molecule has 0 aliphatic heterocycles. The SMILES string of the molecule is CC(C)(SCc1cccc(C(F)(F)F)c1)C(=O)O. The van der Waals surface area contributed by atoms with Gasteiger partial charge in [0.05, 0.1) is 5.56 Å². The van der Waals surface area contributed by atoms with Crippen molar-refractivity contribution in [3.8, 4) is 0 Å². The second kappa shape index (κ2) is 5.22. The van der Waals surface area contributed by atoms with Crippen molar-refractivity contribution in [2.45, 2.75) is 30.5 Å². The first-order chi connectivity index (χ1) is 8.13. The summed E-state index contributed by atoms with van der Waals surface area (Å²) in [6, 6.07) is 4.92. The van der Waals surface area contributed by atoms with E-state index in [0.717, 1.165) is 23.9 Å². The molecular weight excluding hydrogens is 265 g/mol. The van der Waals surface area contributed by atoms with Crippen molar-refractivity contribution in [1.29, 1.82) is 0 Å². The molecule has 0 atom stereocenters. The molecule has 0 radical (unpaired) electrons. The second-order valence-electron chi connectivity index (χ2n) is 4.30. The van der Waals surface area contributed by atoms with Crippen LogP contribution in [0.15, 0.2) is 24.3 Å². The number of hydrogen-bond acceptors (Lipinski definition) is 2. The Bertz CT molecular complexity index is 441. The van der Waals surface area contributed by atoms with Crippen molar-refractivity contribution in [1.82, 2.24) is 0 Å². The largest absolute Gasteiger partial charge is 0.480 e. The van der Waals surface area contributed by atoms with Crippen molar-refractivity contribution in [3.05, 3.63) is 35.4 Å². The summed E-state index contributed by atoms with van der Waals surface area (Å²) in [6.45, 7) is 3.04. The van der Waals surface area contributed by atoms with E-state index in [4.69, 9.17) is 5.11 Å². The highest BCUT2D eigenvalue weighted by Gasteiger charge is 2.31. The van der Waals surface area contributed by atoms with E-state index in [1.165, 1.54) is 19.9 Å². The average Bonchev–Trinajstić information content (AvgIpc) is 2.25. The zero-order valence-electron chi connectivity index (χ0n) is 9.91. The van der Waals surface area contributed by atoms with Gasteiger partial charge in [0, 0.05) is 5.75 Å². The van der Waals surface area contributed by atoms with Gasteiger partial charge in [0.25, 0.3) is 0 Å². The number of carboxylic acids is 1. The fraction of sp³-hybridized carbons (Fsp3) is 0.417. The number of carbonyl (C=O) groups is 1. The Morgan fingerprint density at radius 3 is 2.44 bits per heavy atom. The predicted molar refractivity (Wildman–Crippen MR) is 64.5 cm³/mol. The summed E-state index contributed by atoms with van der Waals surface area (Å²) >= 11 is 1.09. The number of alkyl halides is 3. The lowest BCUT2D eigenvalue weighted by Gasteiger charge is -2.18. The standard InChI is InChI=1S/C12H13F3O2S/c1-11(2,10(16)17)18-7-8-4-3-5-9(6-8)12(13,14)15/h3-6H,7H2,1-2H3,(H,16,17). The first-order valence-electron chi connectivity index (χ1n) is 5.16. The molecule has 2 nitrogen and oxygen atoms in total. The van der Waals surface area contributed by atoms with Crippen LogP contribution in [-0.4, -0.2) is 15.8 Å². The number of halogens is 3. The molecule has 0 aromatic heterocycles. The fourth-order valence-electron chi connectivity index (χ4n) is 1.16. The third-order valence-corrected chi connectivity index (χ3v) is 3.74. The maximum absolute atomic E-state index is 12.5. The Morgan fingerprint density at radius 1 is 1.33 bits per heavy atom. The van der Waals surface area contributed by atoms with Crippen molar-refractivity contribution >= 4 is 17.7 Å². The molecule has 0 heterocycles. The van der Waals surface area contributed by atoms with Gasteiger partial charge in [0.1, 0.15) is 4.75 Å². The van der Waals surface area contributed by atoms with E-state index in [2.05, 4.69) is 0 Å². The Balaban J connectivity index is 2.78. The molecule has 6 heteroatoms. The number of thioether (sulfide) groups is 1. The van der Waals surface area contributed by atoms with Gasteiger partial charge in [-0.25, -0.2) is 0 Å². The van der Waals surface area contributed by atoms with Crippen LogP contribution in [0.2, 0.25) is 0 Å². The number of benzene rings is 1. The van der Waals surface area contributed by atoms with Crippen LogP contribution in [0.25, 0.3) is 0 Å². The molecule has 18 heavy (non-hydrogen) atoms. The summed E-state index contributed by atoms with van der Waals surface area (Å²) in [5, 5.41) is 8.90. The quantitative estimate of drug-likeness (QED) is 0.910. The monoisotopic (exact) mass is 278 g/mol. The second-order valence-corrected chi connectivity index (χ2v) is 5.90. The van der Waals surface area contributed by atoms with E-state index in [0.29, 0.717) is 5.56 Å². The lowest BCUT2D eigenvalue weighted by Crippen LogP contribution is -2.27. The lowest BCUT2D eigenvalue weighted by atomic mass is 10.1. The van der Waals surface area contributed by atoms with Crippen molar-refractivity contribution in [3.63, 3.8) is 0 Å². The number of carboxylic acid groups (broad SMARTS) is 1. The van der Waals surface area contributed by atoms with E-state index >= 15 is 0 Å². The maximum atomic E-state index is 12.5. The number of hydrogen-bond donors (Lipinski definition) is 1. The van der Waals surface area contributed by atoms with Gasteiger partial charge in [0.2, 0.25) is 0 Å². The van der Waals surface area contributed by atoms with Gasteiger partial charge in [-0.3, -0.25) is 4.79 Å². The number of aliphatic carboxylic acids is 1. The van der Waals surface area contributed by atoms with Gasteiger partial charge in [0.15, 0.2) is 0 Å². The Labute approximate surface area is 107 Å². The molecule has 1 N–H and O–H groups in total. The smallest absolute Gasteiger partial charge is 0.416 e. The highest BCUT2D eigenvalue weighted by molar-refractivity contribution is 8.00. The van der Waals surface area contributed by atoms with E-state index in [1.807, 2.05) is 0 Å². The third kappa shape index (κ3) is 3.94. The van der Waals surface area contributed by atoms with Crippen LogP contribution < -0.4 is 0 Å². The van der Waals surface area contributed by atoms with E-state index in [1.54, 1.807) is 6.07 Å². The van der Waals surface area contributed by atoms with Crippen LogP contribution in [0.4, 0.5) is 13.2 Å².